The smallest absolute Gasteiger partial charge is 0.423 e. The number of halogens is 1. The van der Waals surface area contributed by atoms with Gasteiger partial charge in [0, 0.05) is 25.1 Å². The van der Waals surface area contributed by atoms with Crippen molar-refractivity contribution in [1.29, 1.82) is 0 Å². The molecular weight excluding hydrogens is 256 g/mol. The second-order valence-electron chi connectivity index (χ2n) is 6.21. The normalized spacial score (nSPS) is 11.7. The van der Waals surface area contributed by atoms with Gasteiger partial charge in [-0.15, -0.1) is 0 Å². The minimum absolute atomic E-state index is 0.0588. The van der Waals surface area contributed by atoms with Crippen molar-refractivity contribution in [2.75, 3.05) is 13.1 Å². The van der Waals surface area contributed by atoms with Crippen LogP contribution in [0.25, 0.3) is 0 Å². The lowest BCUT2D eigenvalue weighted by Crippen LogP contribution is -2.35. The molecule has 0 aromatic heterocycles. The van der Waals surface area contributed by atoms with Gasteiger partial charge in [0.25, 0.3) is 0 Å². The Hall–Kier alpha value is -0.905. The van der Waals surface area contributed by atoms with Crippen molar-refractivity contribution in [2.24, 2.45) is 11.8 Å². The summed E-state index contributed by atoms with van der Waals surface area (Å²) in [7, 11) is -1.77. The molecule has 0 saturated heterocycles. The van der Waals surface area contributed by atoms with Crippen molar-refractivity contribution >= 4 is 12.6 Å². The van der Waals surface area contributed by atoms with Crippen LogP contribution >= 0.6 is 0 Å². The highest BCUT2D eigenvalue weighted by molar-refractivity contribution is 6.58. The first kappa shape index (κ1) is 17.1. The summed E-state index contributed by atoms with van der Waals surface area (Å²) in [4.78, 5) is 2.32. The van der Waals surface area contributed by atoms with E-state index in [1.165, 1.54) is 12.1 Å². The lowest BCUT2D eigenvalue weighted by atomic mass is 9.79. The van der Waals surface area contributed by atoms with Crippen LogP contribution in [0.1, 0.15) is 33.3 Å². The Morgan fingerprint density at radius 1 is 1.10 bits per heavy atom. The van der Waals surface area contributed by atoms with Crippen LogP contribution in [0.4, 0.5) is 4.39 Å². The first-order chi connectivity index (χ1) is 9.29. The zero-order valence-corrected chi connectivity index (χ0v) is 12.8. The molecule has 0 atom stereocenters. The minimum atomic E-state index is -1.77. The molecule has 5 heteroatoms. The van der Waals surface area contributed by atoms with Gasteiger partial charge in [0.2, 0.25) is 0 Å². The highest BCUT2D eigenvalue weighted by Gasteiger charge is 2.18. The lowest BCUT2D eigenvalue weighted by molar-refractivity contribution is 0.211. The fraction of sp³-hybridized carbons (Fsp3) is 0.600. The molecule has 0 heterocycles. The molecule has 2 N–H and O–H groups in total. The maximum atomic E-state index is 13.4. The van der Waals surface area contributed by atoms with Crippen LogP contribution in [0.15, 0.2) is 18.2 Å². The zero-order chi connectivity index (χ0) is 15.3. The predicted octanol–water partition coefficient (Wildman–Crippen LogP) is 1.62. The standard InChI is InChI=1S/C15H25BFNO2/c1-11(2)8-18(9-12(3)4)10-13-5-6-15(17)14(7-13)16(19)20/h5-7,11-12,19-20H,8-10H2,1-4H3. The van der Waals surface area contributed by atoms with Crippen molar-refractivity contribution in [3.8, 4) is 0 Å². The Morgan fingerprint density at radius 2 is 1.65 bits per heavy atom. The quantitative estimate of drug-likeness (QED) is 0.746. The van der Waals surface area contributed by atoms with Gasteiger partial charge in [-0.1, -0.05) is 39.8 Å². The van der Waals surface area contributed by atoms with Crippen LogP contribution in [0.2, 0.25) is 0 Å². The third-order valence-electron chi connectivity index (χ3n) is 2.99. The molecule has 0 saturated carbocycles. The fourth-order valence-corrected chi connectivity index (χ4v) is 2.38. The van der Waals surface area contributed by atoms with Crippen molar-refractivity contribution in [3.05, 3.63) is 29.6 Å². The topological polar surface area (TPSA) is 43.7 Å². The largest absolute Gasteiger partial charge is 0.491 e. The summed E-state index contributed by atoms with van der Waals surface area (Å²) >= 11 is 0. The van der Waals surface area contributed by atoms with E-state index < -0.39 is 12.9 Å². The number of hydrogen-bond acceptors (Lipinski definition) is 3. The Labute approximate surface area is 121 Å². The fourth-order valence-electron chi connectivity index (χ4n) is 2.38. The van der Waals surface area contributed by atoms with E-state index in [2.05, 4.69) is 32.6 Å². The van der Waals surface area contributed by atoms with Gasteiger partial charge < -0.3 is 10.0 Å². The molecule has 20 heavy (non-hydrogen) atoms. The summed E-state index contributed by atoms with van der Waals surface area (Å²) in [5, 5.41) is 18.3. The van der Waals surface area contributed by atoms with Gasteiger partial charge in [-0.2, -0.15) is 0 Å². The summed E-state index contributed by atoms with van der Waals surface area (Å²) in [6, 6.07) is 4.54. The maximum Gasteiger partial charge on any atom is 0.491 e. The molecule has 3 nitrogen and oxygen atoms in total. The highest BCUT2D eigenvalue weighted by Crippen LogP contribution is 2.10. The molecule has 0 fully saturated rings. The Kier molecular flexibility index (Phi) is 6.66. The van der Waals surface area contributed by atoms with E-state index in [1.54, 1.807) is 6.07 Å². The van der Waals surface area contributed by atoms with Gasteiger partial charge in [-0.05, 0) is 23.5 Å². The molecular formula is C15H25BFNO2. The molecule has 0 aliphatic heterocycles. The summed E-state index contributed by atoms with van der Waals surface area (Å²) in [5.74, 6) is 0.525. The van der Waals surface area contributed by atoms with E-state index in [0.29, 0.717) is 18.4 Å². The first-order valence-electron chi connectivity index (χ1n) is 7.16. The molecule has 0 radical (unpaired) electrons. The lowest BCUT2D eigenvalue weighted by Gasteiger charge is -2.26. The monoisotopic (exact) mass is 281 g/mol. The van der Waals surface area contributed by atoms with Gasteiger partial charge in [0.05, 0.1) is 0 Å². The van der Waals surface area contributed by atoms with Crippen molar-refractivity contribution in [3.63, 3.8) is 0 Å². The third-order valence-corrected chi connectivity index (χ3v) is 2.99. The SMILES string of the molecule is CC(C)CN(Cc1ccc(F)c(B(O)O)c1)CC(C)C. The van der Waals surface area contributed by atoms with E-state index in [4.69, 9.17) is 10.0 Å². The molecule has 0 aliphatic carbocycles. The predicted molar refractivity (Wildman–Crippen MR) is 81.2 cm³/mol. The van der Waals surface area contributed by atoms with E-state index in [-0.39, 0.29) is 5.46 Å². The van der Waals surface area contributed by atoms with Gasteiger partial charge in [-0.3, -0.25) is 4.90 Å². The zero-order valence-electron chi connectivity index (χ0n) is 12.8. The molecule has 0 bridgehead atoms. The molecule has 0 unspecified atom stereocenters. The molecule has 1 aromatic carbocycles. The molecule has 0 aliphatic rings. The van der Waals surface area contributed by atoms with Crippen molar-refractivity contribution < 1.29 is 14.4 Å². The van der Waals surface area contributed by atoms with Crippen LogP contribution in [-0.4, -0.2) is 35.2 Å². The summed E-state index contributed by atoms with van der Waals surface area (Å²) in [6.07, 6.45) is 0. The van der Waals surface area contributed by atoms with E-state index in [0.717, 1.165) is 18.7 Å². The average Bonchev–Trinajstić information content (AvgIpc) is 2.29. The summed E-state index contributed by atoms with van der Waals surface area (Å²) < 4.78 is 13.4. The summed E-state index contributed by atoms with van der Waals surface area (Å²) in [5.41, 5.74) is 0.840. The van der Waals surface area contributed by atoms with Crippen molar-refractivity contribution in [1.82, 2.24) is 4.90 Å². The van der Waals surface area contributed by atoms with Crippen LogP contribution in [0.5, 0.6) is 0 Å². The molecule has 1 aromatic rings. The van der Waals surface area contributed by atoms with Gasteiger partial charge in [-0.25, -0.2) is 4.39 Å². The number of hydrogen-bond donors (Lipinski definition) is 2. The Balaban J connectivity index is 2.84. The average molecular weight is 281 g/mol. The Bertz CT molecular complexity index is 414. The van der Waals surface area contributed by atoms with Gasteiger partial charge in [0.1, 0.15) is 5.82 Å². The molecule has 0 amide bonds. The van der Waals surface area contributed by atoms with Crippen LogP contribution in [0.3, 0.4) is 0 Å². The number of nitrogens with zero attached hydrogens (tertiary/aromatic N) is 1. The second kappa shape index (κ2) is 7.77. The van der Waals surface area contributed by atoms with Crippen LogP contribution in [0, 0.1) is 17.7 Å². The maximum absolute atomic E-state index is 13.4. The molecule has 112 valence electrons. The number of rotatable bonds is 7. The second-order valence-corrected chi connectivity index (χ2v) is 6.21. The van der Waals surface area contributed by atoms with Crippen LogP contribution < -0.4 is 5.46 Å². The van der Waals surface area contributed by atoms with Gasteiger partial charge in [0.15, 0.2) is 0 Å². The van der Waals surface area contributed by atoms with Crippen LogP contribution in [-0.2, 0) is 6.54 Å². The summed E-state index contributed by atoms with van der Waals surface area (Å²) in [6.45, 7) is 11.3. The van der Waals surface area contributed by atoms with Gasteiger partial charge >= 0.3 is 7.12 Å². The highest BCUT2D eigenvalue weighted by atomic mass is 19.1. The van der Waals surface area contributed by atoms with E-state index in [1.807, 2.05) is 0 Å². The Morgan fingerprint density at radius 3 is 2.10 bits per heavy atom. The third kappa shape index (κ3) is 5.61. The minimum Gasteiger partial charge on any atom is -0.423 e. The van der Waals surface area contributed by atoms with E-state index in [9.17, 15) is 4.39 Å². The first-order valence-corrected chi connectivity index (χ1v) is 7.16. The van der Waals surface area contributed by atoms with E-state index >= 15 is 0 Å². The number of benzene rings is 1. The molecule has 1 rings (SSSR count). The van der Waals surface area contributed by atoms with Crippen molar-refractivity contribution in [2.45, 2.75) is 34.2 Å². The molecule has 0 spiro atoms.